The molecule has 0 radical (unpaired) electrons. The van der Waals surface area contributed by atoms with Crippen molar-refractivity contribution in [2.45, 2.75) is 32.2 Å². The number of rotatable bonds is 3. The topological polar surface area (TPSA) is 71.8 Å². The van der Waals surface area contributed by atoms with E-state index in [2.05, 4.69) is 20.6 Å². The molecule has 0 aromatic carbocycles. The predicted octanol–water partition coefficient (Wildman–Crippen LogP) is 1.66. The van der Waals surface area contributed by atoms with Gasteiger partial charge in [0.1, 0.15) is 5.82 Å². The second kappa shape index (κ2) is 5.95. The number of anilines is 1. The number of aromatic nitrogens is 3. The van der Waals surface area contributed by atoms with Gasteiger partial charge in [0.25, 0.3) is 0 Å². The number of aryl methyl sites for hydroxylation is 1. The van der Waals surface area contributed by atoms with Crippen LogP contribution in [0.3, 0.4) is 0 Å². The van der Waals surface area contributed by atoms with E-state index < -0.39 is 0 Å². The molecule has 0 aliphatic carbocycles. The van der Waals surface area contributed by atoms with Crippen LogP contribution in [0.1, 0.15) is 25.1 Å². The van der Waals surface area contributed by atoms with Crippen molar-refractivity contribution < 1.29 is 4.79 Å². The molecule has 1 amide bonds. The Bertz CT molecular complexity index is 636. The van der Waals surface area contributed by atoms with Crippen LogP contribution >= 0.6 is 0 Å². The maximum atomic E-state index is 11.7. The summed E-state index contributed by atoms with van der Waals surface area (Å²) in [5, 5.41) is 6.37. The molecule has 1 saturated heterocycles. The zero-order valence-electron chi connectivity index (χ0n) is 12.0. The predicted molar refractivity (Wildman–Crippen MR) is 80.4 cm³/mol. The number of nitrogens with zero attached hydrogens (tertiary/aromatic N) is 3. The smallest absolute Gasteiger partial charge is 0.222 e. The molecule has 1 unspecified atom stereocenters. The minimum atomic E-state index is 0.106. The third-order valence-corrected chi connectivity index (χ3v) is 3.68. The summed E-state index contributed by atoms with van der Waals surface area (Å²) in [6.45, 7) is 2.70. The van der Waals surface area contributed by atoms with Gasteiger partial charge in [0, 0.05) is 37.6 Å². The monoisotopic (exact) mass is 285 g/mol. The summed E-state index contributed by atoms with van der Waals surface area (Å²) in [5.74, 6) is 1.81. The van der Waals surface area contributed by atoms with Crippen molar-refractivity contribution in [1.29, 1.82) is 0 Å². The molecule has 0 bridgehead atoms. The quantitative estimate of drug-likeness (QED) is 0.899. The molecular formula is C15H19N5O. The molecule has 2 N–H and O–H groups in total. The van der Waals surface area contributed by atoms with Gasteiger partial charge < -0.3 is 10.6 Å². The second-order valence-corrected chi connectivity index (χ2v) is 5.26. The maximum Gasteiger partial charge on any atom is 0.222 e. The number of pyridine rings is 1. The van der Waals surface area contributed by atoms with E-state index in [4.69, 9.17) is 0 Å². The van der Waals surface area contributed by atoms with E-state index in [0.717, 1.165) is 36.7 Å². The van der Waals surface area contributed by atoms with E-state index in [1.807, 2.05) is 29.8 Å². The van der Waals surface area contributed by atoms with E-state index in [9.17, 15) is 4.79 Å². The molecule has 3 rings (SSSR count). The van der Waals surface area contributed by atoms with Crippen molar-refractivity contribution in [3.63, 3.8) is 0 Å². The average molecular weight is 285 g/mol. The van der Waals surface area contributed by atoms with Gasteiger partial charge >= 0.3 is 0 Å². The SMILES string of the molecule is Cc1nccn1-c1ncccc1NC1CCCNC(=O)C1. The molecule has 0 spiro atoms. The molecule has 2 aromatic heterocycles. The first kappa shape index (κ1) is 13.6. The Labute approximate surface area is 123 Å². The van der Waals surface area contributed by atoms with E-state index in [1.54, 1.807) is 12.4 Å². The zero-order chi connectivity index (χ0) is 14.7. The Morgan fingerprint density at radius 2 is 2.29 bits per heavy atom. The highest BCUT2D eigenvalue weighted by atomic mass is 16.1. The number of carbonyl (C=O) groups is 1. The number of imidazole rings is 1. The second-order valence-electron chi connectivity index (χ2n) is 5.26. The molecule has 1 aliphatic rings. The molecule has 21 heavy (non-hydrogen) atoms. The molecular weight excluding hydrogens is 266 g/mol. The van der Waals surface area contributed by atoms with E-state index in [0.29, 0.717) is 6.42 Å². The summed E-state index contributed by atoms with van der Waals surface area (Å²) in [6, 6.07) is 4.03. The van der Waals surface area contributed by atoms with Crippen molar-refractivity contribution in [3.05, 3.63) is 36.5 Å². The van der Waals surface area contributed by atoms with Gasteiger partial charge in [0.2, 0.25) is 5.91 Å². The molecule has 6 heteroatoms. The Morgan fingerprint density at radius 1 is 1.38 bits per heavy atom. The zero-order valence-corrected chi connectivity index (χ0v) is 12.0. The number of carbonyl (C=O) groups excluding carboxylic acids is 1. The van der Waals surface area contributed by atoms with Crippen LogP contribution in [0.2, 0.25) is 0 Å². The highest BCUT2D eigenvalue weighted by Gasteiger charge is 2.19. The summed E-state index contributed by atoms with van der Waals surface area (Å²) in [4.78, 5) is 20.4. The van der Waals surface area contributed by atoms with Crippen LogP contribution in [-0.2, 0) is 4.79 Å². The Balaban J connectivity index is 1.86. The van der Waals surface area contributed by atoms with Crippen molar-refractivity contribution in [3.8, 4) is 5.82 Å². The molecule has 3 heterocycles. The fourth-order valence-electron chi connectivity index (χ4n) is 2.62. The van der Waals surface area contributed by atoms with Gasteiger partial charge in [-0.05, 0) is 31.9 Å². The number of hydrogen-bond donors (Lipinski definition) is 2. The summed E-state index contributed by atoms with van der Waals surface area (Å²) >= 11 is 0. The first-order chi connectivity index (χ1) is 10.2. The summed E-state index contributed by atoms with van der Waals surface area (Å²) in [7, 11) is 0. The van der Waals surface area contributed by atoms with Crippen molar-refractivity contribution in [2.24, 2.45) is 0 Å². The van der Waals surface area contributed by atoms with Gasteiger partial charge in [-0.15, -0.1) is 0 Å². The highest BCUT2D eigenvalue weighted by molar-refractivity contribution is 5.77. The van der Waals surface area contributed by atoms with Gasteiger partial charge in [-0.25, -0.2) is 9.97 Å². The standard InChI is InChI=1S/C15H19N5O/c1-11-16-8-9-20(11)15-13(5-3-7-18-15)19-12-4-2-6-17-14(21)10-12/h3,5,7-9,12,19H,2,4,6,10H2,1H3,(H,17,21). The Morgan fingerprint density at radius 3 is 3.10 bits per heavy atom. The Kier molecular flexibility index (Phi) is 3.85. The Hall–Kier alpha value is -2.37. The van der Waals surface area contributed by atoms with Crippen LogP contribution in [0, 0.1) is 6.92 Å². The van der Waals surface area contributed by atoms with Gasteiger partial charge in [0.15, 0.2) is 5.82 Å². The van der Waals surface area contributed by atoms with Gasteiger partial charge in [-0.1, -0.05) is 0 Å². The van der Waals surface area contributed by atoms with Gasteiger partial charge in [0.05, 0.1) is 5.69 Å². The van der Waals surface area contributed by atoms with E-state index >= 15 is 0 Å². The summed E-state index contributed by atoms with van der Waals surface area (Å²) in [5.41, 5.74) is 0.929. The maximum absolute atomic E-state index is 11.7. The van der Waals surface area contributed by atoms with Crippen LogP contribution in [0.4, 0.5) is 5.69 Å². The largest absolute Gasteiger partial charge is 0.379 e. The number of hydrogen-bond acceptors (Lipinski definition) is 4. The molecule has 0 saturated carbocycles. The lowest BCUT2D eigenvalue weighted by atomic mass is 10.1. The molecule has 2 aromatic rings. The third kappa shape index (κ3) is 3.04. The number of nitrogens with one attached hydrogen (secondary N) is 2. The third-order valence-electron chi connectivity index (χ3n) is 3.68. The van der Waals surface area contributed by atoms with E-state index in [1.165, 1.54) is 0 Å². The van der Waals surface area contributed by atoms with Gasteiger partial charge in [-0.2, -0.15) is 0 Å². The molecule has 1 atom stereocenters. The van der Waals surface area contributed by atoms with Crippen molar-refractivity contribution in [2.75, 3.05) is 11.9 Å². The van der Waals surface area contributed by atoms with Crippen LogP contribution in [-0.4, -0.2) is 33.0 Å². The fraction of sp³-hybridized carbons (Fsp3) is 0.400. The van der Waals surface area contributed by atoms with Crippen LogP contribution in [0.15, 0.2) is 30.7 Å². The summed E-state index contributed by atoms with van der Waals surface area (Å²) < 4.78 is 1.94. The highest BCUT2D eigenvalue weighted by Crippen LogP contribution is 2.21. The van der Waals surface area contributed by atoms with Gasteiger partial charge in [-0.3, -0.25) is 9.36 Å². The first-order valence-electron chi connectivity index (χ1n) is 7.22. The summed E-state index contributed by atoms with van der Waals surface area (Å²) in [6.07, 6.45) is 7.87. The molecule has 110 valence electrons. The average Bonchev–Trinajstić information content (AvgIpc) is 2.79. The number of amides is 1. The van der Waals surface area contributed by atoms with Crippen molar-refractivity contribution >= 4 is 11.6 Å². The minimum absolute atomic E-state index is 0.106. The minimum Gasteiger partial charge on any atom is -0.379 e. The van der Waals surface area contributed by atoms with Crippen molar-refractivity contribution in [1.82, 2.24) is 19.9 Å². The molecule has 6 nitrogen and oxygen atoms in total. The van der Waals surface area contributed by atoms with Crippen LogP contribution in [0.25, 0.3) is 5.82 Å². The fourth-order valence-corrected chi connectivity index (χ4v) is 2.62. The van der Waals surface area contributed by atoms with Crippen LogP contribution < -0.4 is 10.6 Å². The first-order valence-corrected chi connectivity index (χ1v) is 7.22. The lowest BCUT2D eigenvalue weighted by Gasteiger charge is -2.19. The lowest BCUT2D eigenvalue weighted by molar-refractivity contribution is -0.120. The van der Waals surface area contributed by atoms with Crippen LogP contribution in [0.5, 0.6) is 0 Å². The van der Waals surface area contributed by atoms with E-state index in [-0.39, 0.29) is 11.9 Å². The lowest BCUT2D eigenvalue weighted by Crippen LogP contribution is -2.27. The molecule has 1 fully saturated rings. The normalized spacial score (nSPS) is 18.9. The molecule has 1 aliphatic heterocycles.